The van der Waals surface area contributed by atoms with Crippen LogP contribution < -0.4 is 14.4 Å². The van der Waals surface area contributed by atoms with E-state index in [0.29, 0.717) is 51.1 Å². The number of nitrogens with zero attached hydrogens (tertiary/aromatic N) is 3. The monoisotopic (exact) mass is 521 g/mol. The zero-order valence-electron chi connectivity index (χ0n) is 20.2. The van der Waals surface area contributed by atoms with E-state index in [-0.39, 0.29) is 11.7 Å². The predicted molar refractivity (Wildman–Crippen MR) is 144 cm³/mol. The first-order valence-corrected chi connectivity index (χ1v) is 12.4. The van der Waals surface area contributed by atoms with Gasteiger partial charge in [-0.05, 0) is 47.7 Å². The fraction of sp³-hybridized carbons (Fsp3) is 0.250. The van der Waals surface area contributed by atoms with E-state index in [1.807, 2.05) is 55.4 Å². The van der Waals surface area contributed by atoms with Crippen LogP contribution in [0.5, 0.6) is 11.6 Å². The van der Waals surface area contributed by atoms with E-state index in [4.69, 9.17) is 37.7 Å². The van der Waals surface area contributed by atoms with Crippen LogP contribution in [0.15, 0.2) is 54.9 Å². The molecule has 2 aromatic carbocycles. The molecule has 4 aromatic rings. The normalized spacial score (nSPS) is 14.8. The maximum absolute atomic E-state index is 13.7. The summed E-state index contributed by atoms with van der Waals surface area (Å²) in [6.45, 7) is 0.592. The van der Waals surface area contributed by atoms with Gasteiger partial charge in [0.2, 0.25) is 5.88 Å². The second-order valence-electron chi connectivity index (χ2n) is 8.98. The first-order valence-electron chi connectivity index (χ1n) is 11.6. The Morgan fingerprint density at radius 1 is 1.11 bits per heavy atom. The van der Waals surface area contributed by atoms with Crippen molar-refractivity contribution in [2.24, 2.45) is 0 Å². The van der Waals surface area contributed by atoms with Crippen LogP contribution in [0, 0.1) is 0 Å². The van der Waals surface area contributed by atoms with E-state index >= 15 is 0 Å². The van der Waals surface area contributed by atoms with Gasteiger partial charge in [0.05, 0.1) is 35.9 Å². The topological polar surface area (TPSA) is 64.5 Å². The van der Waals surface area contributed by atoms with E-state index in [9.17, 15) is 4.79 Å². The number of hydrogen-bond acceptors (Lipinski definition) is 6. The first kappa shape index (κ1) is 24.3. The highest BCUT2D eigenvalue weighted by Crippen LogP contribution is 2.42. The number of carbonyl (C=O) groups is 1. The minimum absolute atomic E-state index is 0.00746. The number of methoxy groups -OCH3 is 1. The van der Waals surface area contributed by atoms with Crippen molar-refractivity contribution < 1.29 is 14.3 Å². The molecule has 0 bridgehead atoms. The molecule has 0 saturated heterocycles. The third kappa shape index (κ3) is 4.47. The highest BCUT2D eigenvalue weighted by molar-refractivity contribution is 6.35. The van der Waals surface area contributed by atoms with E-state index in [2.05, 4.69) is 4.98 Å². The van der Waals surface area contributed by atoms with Crippen molar-refractivity contribution in [1.82, 2.24) is 9.97 Å². The van der Waals surface area contributed by atoms with Gasteiger partial charge in [-0.1, -0.05) is 41.4 Å². The highest BCUT2D eigenvalue weighted by atomic mass is 35.5. The molecule has 0 spiro atoms. The van der Waals surface area contributed by atoms with Gasteiger partial charge in [-0.25, -0.2) is 4.98 Å². The Hall–Kier alpha value is -3.35. The van der Waals surface area contributed by atoms with Gasteiger partial charge in [0.25, 0.3) is 0 Å². The second-order valence-corrected chi connectivity index (χ2v) is 9.85. The summed E-state index contributed by atoms with van der Waals surface area (Å²) in [5.41, 5.74) is 4.48. The SMILES string of the molecule is COc1ncc(-c2cc(Cl)cc(Cl)c2)c2ncc(C(=O)C[C@H]3CCOc4ccccc43)c(N(C)C)c12. The summed E-state index contributed by atoms with van der Waals surface area (Å²) in [6, 6.07) is 13.2. The lowest BCUT2D eigenvalue weighted by Crippen LogP contribution is -2.20. The average Bonchev–Trinajstić information content (AvgIpc) is 2.86. The Labute approximate surface area is 219 Å². The Balaban J connectivity index is 1.64. The zero-order valence-corrected chi connectivity index (χ0v) is 21.7. The number of carbonyl (C=O) groups excluding carboxylic acids is 1. The van der Waals surface area contributed by atoms with Gasteiger partial charge in [-0.2, -0.15) is 0 Å². The molecule has 2 aromatic heterocycles. The van der Waals surface area contributed by atoms with Crippen molar-refractivity contribution in [3.05, 3.63) is 76.0 Å². The van der Waals surface area contributed by atoms with Crippen LogP contribution in [0.4, 0.5) is 5.69 Å². The summed E-state index contributed by atoms with van der Waals surface area (Å²) >= 11 is 12.6. The number of benzene rings is 2. The minimum Gasteiger partial charge on any atom is -0.493 e. The van der Waals surface area contributed by atoms with Gasteiger partial charge in [-0.15, -0.1) is 0 Å². The van der Waals surface area contributed by atoms with Crippen molar-refractivity contribution in [1.29, 1.82) is 0 Å². The maximum atomic E-state index is 13.7. The van der Waals surface area contributed by atoms with Crippen LogP contribution in [0.3, 0.4) is 0 Å². The van der Waals surface area contributed by atoms with Gasteiger partial charge in [0.15, 0.2) is 5.78 Å². The molecule has 1 aliphatic heterocycles. The number of pyridine rings is 2. The molecule has 1 atom stereocenters. The molecule has 0 unspecified atom stereocenters. The lowest BCUT2D eigenvalue weighted by molar-refractivity contribution is 0.0966. The number of halogens is 2. The fourth-order valence-corrected chi connectivity index (χ4v) is 5.39. The number of ketones is 1. The zero-order chi connectivity index (χ0) is 25.4. The molecular weight excluding hydrogens is 497 g/mol. The van der Waals surface area contributed by atoms with Crippen molar-refractivity contribution in [3.8, 4) is 22.8 Å². The summed E-state index contributed by atoms with van der Waals surface area (Å²) in [5.74, 6) is 1.33. The molecule has 0 aliphatic carbocycles. The number of aromatic nitrogens is 2. The largest absolute Gasteiger partial charge is 0.493 e. The Morgan fingerprint density at radius 2 is 1.86 bits per heavy atom. The number of anilines is 1. The van der Waals surface area contributed by atoms with Crippen molar-refractivity contribution in [2.75, 3.05) is 32.7 Å². The minimum atomic E-state index is 0.00746. The molecule has 0 fully saturated rings. The van der Waals surface area contributed by atoms with Gasteiger partial charge in [0.1, 0.15) is 5.75 Å². The second kappa shape index (κ2) is 9.96. The molecule has 3 heterocycles. The van der Waals surface area contributed by atoms with Crippen LogP contribution in [0.2, 0.25) is 10.0 Å². The Morgan fingerprint density at radius 3 is 2.58 bits per heavy atom. The summed E-state index contributed by atoms with van der Waals surface area (Å²) in [5, 5.41) is 1.69. The van der Waals surface area contributed by atoms with E-state index < -0.39 is 0 Å². The third-order valence-electron chi connectivity index (χ3n) is 6.46. The van der Waals surface area contributed by atoms with Crippen molar-refractivity contribution >= 4 is 45.6 Å². The molecule has 0 radical (unpaired) electrons. The molecule has 36 heavy (non-hydrogen) atoms. The van der Waals surface area contributed by atoms with Crippen LogP contribution in [-0.2, 0) is 0 Å². The van der Waals surface area contributed by atoms with E-state index in [1.54, 1.807) is 25.6 Å². The lowest BCUT2D eigenvalue weighted by Gasteiger charge is -2.26. The quantitative estimate of drug-likeness (QED) is 0.259. The number of para-hydroxylation sites is 1. The molecule has 6 nitrogen and oxygen atoms in total. The third-order valence-corrected chi connectivity index (χ3v) is 6.90. The fourth-order valence-electron chi connectivity index (χ4n) is 4.86. The molecule has 0 saturated carbocycles. The smallest absolute Gasteiger partial charge is 0.224 e. The first-order chi connectivity index (χ1) is 17.4. The Kier molecular flexibility index (Phi) is 6.73. The highest BCUT2D eigenvalue weighted by Gasteiger charge is 2.28. The van der Waals surface area contributed by atoms with E-state index in [1.165, 1.54) is 0 Å². The molecule has 0 N–H and O–H groups in total. The molecule has 5 rings (SSSR count). The van der Waals surface area contributed by atoms with Crippen LogP contribution in [0.1, 0.15) is 34.7 Å². The van der Waals surface area contributed by atoms with Crippen LogP contribution >= 0.6 is 23.2 Å². The molecule has 8 heteroatoms. The van der Waals surface area contributed by atoms with Gasteiger partial charge >= 0.3 is 0 Å². The molecular formula is C28H25Cl2N3O3. The number of fused-ring (bicyclic) bond motifs is 2. The lowest BCUT2D eigenvalue weighted by atomic mass is 9.87. The number of hydrogen-bond donors (Lipinski definition) is 0. The number of Topliss-reactive ketones (excluding diaryl/α,β-unsaturated/α-hetero) is 1. The average molecular weight is 522 g/mol. The maximum Gasteiger partial charge on any atom is 0.224 e. The van der Waals surface area contributed by atoms with E-state index in [0.717, 1.165) is 28.9 Å². The van der Waals surface area contributed by atoms with Crippen molar-refractivity contribution in [2.45, 2.75) is 18.8 Å². The van der Waals surface area contributed by atoms with Crippen LogP contribution in [0.25, 0.3) is 22.0 Å². The van der Waals surface area contributed by atoms with Crippen molar-refractivity contribution in [3.63, 3.8) is 0 Å². The standard InChI is InChI=1S/C28H25Cl2N3O3/c1-33(2)27-22(23(34)12-16-8-9-36-24-7-5-4-6-20(16)24)15-31-26-21(14-32-28(35-3)25(26)27)17-10-18(29)13-19(30)11-17/h4-7,10-11,13-16H,8-9,12H2,1-3H3/t16-/m1/s1. The number of rotatable bonds is 6. The summed E-state index contributed by atoms with van der Waals surface area (Å²) < 4.78 is 11.4. The number of ether oxygens (including phenoxy) is 2. The molecule has 1 aliphatic rings. The summed E-state index contributed by atoms with van der Waals surface area (Å²) in [4.78, 5) is 24.9. The van der Waals surface area contributed by atoms with Gasteiger partial charge in [0, 0.05) is 48.5 Å². The van der Waals surface area contributed by atoms with Crippen LogP contribution in [-0.4, -0.2) is 43.6 Å². The molecule has 184 valence electrons. The van der Waals surface area contributed by atoms with Gasteiger partial charge in [-0.3, -0.25) is 9.78 Å². The summed E-state index contributed by atoms with van der Waals surface area (Å²) in [7, 11) is 5.36. The summed E-state index contributed by atoms with van der Waals surface area (Å²) in [6.07, 6.45) is 4.48. The predicted octanol–water partition coefficient (Wildman–Crippen LogP) is 6.82. The van der Waals surface area contributed by atoms with Gasteiger partial charge < -0.3 is 14.4 Å². The molecule has 0 amide bonds. The Bertz CT molecular complexity index is 1450.